The van der Waals surface area contributed by atoms with Crippen LogP contribution in [0.2, 0.25) is 0 Å². The summed E-state index contributed by atoms with van der Waals surface area (Å²) in [6, 6.07) is 0. The highest BCUT2D eigenvalue weighted by Gasteiger charge is 2.47. The van der Waals surface area contributed by atoms with Crippen LogP contribution in [-0.4, -0.2) is 12.6 Å². The Morgan fingerprint density at radius 2 is 2.41 bits per heavy atom. The Hall–Kier alpha value is -0.790. The third-order valence-electron chi connectivity index (χ3n) is 4.83. The maximum absolute atomic E-state index is 11.9. The molecule has 3 atom stereocenters. The molecule has 1 fully saturated rings. The van der Waals surface area contributed by atoms with Crippen molar-refractivity contribution in [2.24, 2.45) is 17.3 Å². The Morgan fingerprint density at radius 1 is 1.65 bits per heavy atom. The van der Waals surface area contributed by atoms with E-state index < -0.39 is 0 Å². The van der Waals surface area contributed by atoms with Crippen molar-refractivity contribution in [2.45, 2.75) is 52.9 Å². The molecule has 0 saturated heterocycles. The third-order valence-corrected chi connectivity index (χ3v) is 4.83. The van der Waals surface area contributed by atoms with Crippen LogP contribution >= 0.6 is 0 Å². The van der Waals surface area contributed by atoms with Crippen molar-refractivity contribution >= 4 is 5.97 Å². The van der Waals surface area contributed by atoms with Crippen molar-refractivity contribution in [1.29, 1.82) is 0 Å². The Bertz CT molecular complexity index is 332. The van der Waals surface area contributed by atoms with Gasteiger partial charge < -0.3 is 4.74 Å². The molecule has 2 heteroatoms. The fraction of sp³-hybridized carbons (Fsp3) is 0.800. The van der Waals surface area contributed by atoms with Gasteiger partial charge in [-0.2, -0.15) is 0 Å². The SMILES string of the molecule is CCOC(=O)[C@H](C)[C@H]1CCC2=CCCC[C@@]21C. The van der Waals surface area contributed by atoms with E-state index in [4.69, 9.17) is 4.74 Å². The summed E-state index contributed by atoms with van der Waals surface area (Å²) < 4.78 is 5.18. The van der Waals surface area contributed by atoms with Crippen LogP contribution < -0.4 is 0 Å². The number of fused-ring (bicyclic) bond motifs is 1. The number of carbonyl (C=O) groups excluding carboxylic acids is 1. The maximum Gasteiger partial charge on any atom is 0.308 e. The summed E-state index contributed by atoms with van der Waals surface area (Å²) in [7, 11) is 0. The molecule has 0 radical (unpaired) electrons. The average molecular weight is 236 g/mol. The Morgan fingerprint density at radius 3 is 3.12 bits per heavy atom. The average Bonchev–Trinajstić information content (AvgIpc) is 2.65. The molecule has 0 aromatic carbocycles. The Balaban J connectivity index is 2.14. The van der Waals surface area contributed by atoms with Gasteiger partial charge in [0, 0.05) is 0 Å². The lowest BCUT2D eigenvalue weighted by Crippen LogP contribution is -2.34. The standard InChI is InChI=1S/C15H24O2/c1-4-17-14(16)11(2)13-9-8-12-7-5-6-10-15(12,13)3/h7,11,13H,4-6,8-10H2,1-3H3/t11-,13-,15+/m1/s1. The van der Waals surface area contributed by atoms with Crippen molar-refractivity contribution in [3.8, 4) is 0 Å². The van der Waals surface area contributed by atoms with Gasteiger partial charge in [0.25, 0.3) is 0 Å². The number of hydrogen-bond acceptors (Lipinski definition) is 2. The number of carbonyl (C=O) groups is 1. The highest BCUT2D eigenvalue weighted by atomic mass is 16.5. The van der Waals surface area contributed by atoms with Gasteiger partial charge in [-0.05, 0) is 50.4 Å². The molecule has 1 saturated carbocycles. The molecule has 2 rings (SSSR count). The Kier molecular flexibility index (Phi) is 3.60. The molecular weight excluding hydrogens is 212 g/mol. The lowest BCUT2D eigenvalue weighted by Gasteiger charge is -2.38. The minimum absolute atomic E-state index is 0.00875. The second kappa shape index (κ2) is 4.83. The molecular formula is C15H24O2. The molecule has 0 aromatic rings. The number of rotatable bonds is 3. The van der Waals surface area contributed by atoms with Crippen molar-refractivity contribution in [3.63, 3.8) is 0 Å². The normalized spacial score (nSPS) is 33.8. The number of ether oxygens (including phenoxy) is 1. The fourth-order valence-electron chi connectivity index (χ4n) is 3.82. The van der Waals surface area contributed by atoms with E-state index in [1.807, 2.05) is 13.8 Å². The van der Waals surface area contributed by atoms with Gasteiger partial charge in [-0.1, -0.05) is 25.5 Å². The number of hydrogen-bond donors (Lipinski definition) is 0. The van der Waals surface area contributed by atoms with Gasteiger partial charge in [0.2, 0.25) is 0 Å². The first kappa shape index (κ1) is 12.7. The number of esters is 1. The van der Waals surface area contributed by atoms with Gasteiger partial charge in [-0.15, -0.1) is 0 Å². The zero-order chi connectivity index (χ0) is 12.5. The predicted molar refractivity (Wildman–Crippen MR) is 68.6 cm³/mol. The topological polar surface area (TPSA) is 26.3 Å². The molecule has 0 spiro atoms. The molecule has 0 amide bonds. The zero-order valence-electron chi connectivity index (χ0n) is 11.3. The van der Waals surface area contributed by atoms with Crippen LogP contribution in [0.25, 0.3) is 0 Å². The smallest absolute Gasteiger partial charge is 0.308 e. The predicted octanol–water partition coefficient (Wildman–Crippen LogP) is 3.71. The second-order valence-corrected chi connectivity index (χ2v) is 5.72. The molecule has 2 aliphatic carbocycles. The van der Waals surface area contributed by atoms with Crippen LogP contribution in [0.1, 0.15) is 52.9 Å². The molecule has 17 heavy (non-hydrogen) atoms. The van der Waals surface area contributed by atoms with Gasteiger partial charge in [0.15, 0.2) is 0 Å². The van der Waals surface area contributed by atoms with E-state index in [1.165, 1.54) is 25.7 Å². The van der Waals surface area contributed by atoms with Crippen LogP contribution in [0.4, 0.5) is 0 Å². The highest BCUT2D eigenvalue weighted by Crippen LogP contribution is 2.55. The minimum atomic E-state index is -0.00875. The number of allylic oxidation sites excluding steroid dienone is 2. The largest absolute Gasteiger partial charge is 0.466 e. The molecule has 2 aliphatic rings. The molecule has 0 aliphatic heterocycles. The van der Waals surface area contributed by atoms with Gasteiger partial charge in [0.1, 0.15) is 0 Å². The second-order valence-electron chi connectivity index (χ2n) is 5.72. The molecule has 2 nitrogen and oxygen atoms in total. The van der Waals surface area contributed by atoms with E-state index in [1.54, 1.807) is 5.57 Å². The van der Waals surface area contributed by atoms with Crippen molar-refractivity contribution in [1.82, 2.24) is 0 Å². The lowest BCUT2D eigenvalue weighted by atomic mass is 9.67. The van der Waals surface area contributed by atoms with Gasteiger partial charge >= 0.3 is 5.97 Å². The Labute approximate surface area is 104 Å². The van der Waals surface area contributed by atoms with Crippen LogP contribution in [0.3, 0.4) is 0 Å². The highest BCUT2D eigenvalue weighted by molar-refractivity contribution is 5.72. The molecule has 0 bridgehead atoms. The van der Waals surface area contributed by atoms with Crippen molar-refractivity contribution < 1.29 is 9.53 Å². The van der Waals surface area contributed by atoms with Crippen molar-refractivity contribution in [3.05, 3.63) is 11.6 Å². The van der Waals surface area contributed by atoms with Crippen LogP contribution in [-0.2, 0) is 9.53 Å². The maximum atomic E-state index is 11.9. The van der Waals surface area contributed by atoms with Crippen LogP contribution in [0.5, 0.6) is 0 Å². The van der Waals surface area contributed by atoms with E-state index >= 15 is 0 Å². The van der Waals surface area contributed by atoms with Gasteiger partial charge in [-0.25, -0.2) is 0 Å². The van der Waals surface area contributed by atoms with Gasteiger partial charge in [0.05, 0.1) is 12.5 Å². The van der Waals surface area contributed by atoms with Crippen LogP contribution in [0.15, 0.2) is 11.6 Å². The molecule has 0 unspecified atom stereocenters. The van der Waals surface area contributed by atoms with E-state index in [0.717, 1.165) is 6.42 Å². The first-order valence-electron chi connectivity index (χ1n) is 6.95. The molecule has 0 N–H and O–H groups in total. The summed E-state index contributed by atoms with van der Waals surface area (Å²) in [5.74, 6) is 0.516. The van der Waals surface area contributed by atoms with E-state index in [-0.39, 0.29) is 17.3 Å². The van der Waals surface area contributed by atoms with E-state index in [2.05, 4.69) is 13.0 Å². The third kappa shape index (κ3) is 2.14. The minimum Gasteiger partial charge on any atom is -0.466 e. The summed E-state index contributed by atoms with van der Waals surface area (Å²) in [6.45, 7) is 6.78. The summed E-state index contributed by atoms with van der Waals surface area (Å²) >= 11 is 0. The summed E-state index contributed by atoms with van der Waals surface area (Å²) in [5.41, 5.74) is 1.87. The summed E-state index contributed by atoms with van der Waals surface area (Å²) in [5, 5.41) is 0. The zero-order valence-corrected chi connectivity index (χ0v) is 11.3. The molecule has 96 valence electrons. The van der Waals surface area contributed by atoms with E-state index in [9.17, 15) is 4.79 Å². The van der Waals surface area contributed by atoms with Gasteiger partial charge in [-0.3, -0.25) is 4.79 Å². The van der Waals surface area contributed by atoms with Crippen LogP contribution in [0, 0.1) is 17.3 Å². The molecule has 0 aromatic heterocycles. The first-order valence-corrected chi connectivity index (χ1v) is 6.95. The van der Waals surface area contributed by atoms with Crippen molar-refractivity contribution in [2.75, 3.05) is 6.61 Å². The lowest BCUT2D eigenvalue weighted by molar-refractivity contribution is -0.150. The first-order chi connectivity index (χ1) is 8.09. The molecule has 0 heterocycles. The quantitative estimate of drug-likeness (QED) is 0.551. The fourth-order valence-corrected chi connectivity index (χ4v) is 3.82. The summed E-state index contributed by atoms with van der Waals surface area (Å²) in [4.78, 5) is 11.9. The van der Waals surface area contributed by atoms with E-state index in [0.29, 0.717) is 12.5 Å². The summed E-state index contributed by atoms with van der Waals surface area (Å²) in [6.07, 6.45) is 8.50. The monoisotopic (exact) mass is 236 g/mol.